The molecule has 132 valence electrons. The molecule has 0 unspecified atom stereocenters. The summed E-state index contributed by atoms with van der Waals surface area (Å²) in [5.74, 6) is 1.09. The second-order valence-corrected chi connectivity index (χ2v) is 6.30. The highest BCUT2D eigenvalue weighted by Crippen LogP contribution is 2.28. The number of ether oxygens (including phenoxy) is 1. The van der Waals surface area contributed by atoms with Gasteiger partial charge < -0.3 is 9.46 Å². The van der Waals surface area contributed by atoms with Gasteiger partial charge in [-0.1, -0.05) is 29.8 Å². The molecule has 0 aliphatic rings. The van der Waals surface area contributed by atoms with Crippen LogP contribution in [0.3, 0.4) is 0 Å². The van der Waals surface area contributed by atoms with Crippen molar-refractivity contribution in [2.75, 3.05) is 11.8 Å². The molecule has 2 heterocycles. The fourth-order valence-electron chi connectivity index (χ4n) is 2.03. The first-order valence-corrected chi connectivity index (χ1v) is 8.73. The molecule has 8 heteroatoms. The molecule has 0 saturated heterocycles. The van der Waals surface area contributed by atoms with E-state index in [4.69, 9.17) is 16.3 Å². The third kappa shape index (κ3) is 4.71. The van der Waals surface area contributed by atoms with Crippen LogP contribution in [0.4, 0.5) is 10.2 Å². The molecule has 0 fully saturated rings. The van der Waals surface area contributed by atoms with E-state index in [0.717, 1.165) is 10.5 Å². The number of aromatic nitrogens is 3. The van der Waals surface area contributed by atoms with E-state index in [1.165, 1.54) is 24.3 Å². The maximum Gasteiger partial charge on any atom is 0.308 e. The Morgan fingerprint density at radius 3 is 2.62 bits per heavy atom. The highest BCUT2D eigenvalue weighted by Gasteiger charge is 2.06. The van der Waals surface area contributed by atoms with Crippen LogP contribution in [0.15, 0.2) is 53.7 Å². The molecule has 0 spiro atoms. The van der Waals surface area contributed by atoms with Gasteiger partial charge in [-0.3, -0.25) is 0 Å². The van der Waals surface area contributed by atoms with Crippen LogP contribution in [0.2, 0.25) is 5.02 Å². The van der Waals surface area contributed by atoms with Gasteiger partial charge in [-0.15, -0.1) is 0 Å². The van der Waals surface area contributed by atoms with Gasteiger partial charge in [0.25, 0.3) is 0 Å². The first kappa shape index (κ1) is 18.2. The number of rotatable bonds is 6. The number of nitrogens with one attached hydrogen (secondary N) is 1. The number of benzene rings is 1. The number of methoxy groups -OCH3 is 1. The Morgan fingerprint density at radius 1 is 1.12 bits per heavy atom. The maximum atomic E-state index is 12.7. The number of hydrogen-bond acceptors (Lipinski definition) is 6. The highest BCUT2D eigenvalue weighted by molar-refractivity contribution is 8.00. The first-order chi connectivity index (χ1) is 12.7. The molecule has 0 atom stereocenters. The molecule has 0 aliphatic heterocycles. The molecule has 5 nitrogen and oxygen atoms in total. The van der Waals surface area contributed by atoms with E-state index in [2.05, 4.69) is 19.7 Å². The van der Waals surface area contributed by atoms with Crippen molar-refractivity contribution in [2.45, 2.75) is 4.90 Å². The van der Waals surface area contributed by atoms with Crippen LogP contribution in [0.5, 0.6) is 5.88 Å². The lowest BCUT2D eigenvalue weighted by atomic mass is 10.2. The third-order valence-corrected chi connectivity index (χ3v) is 4.61. The standard InChI is InChI=1S/C18H14ClFN4OS/c1-25-17-13(7-6-12-10-21-18(20)22-11-12)8-9-16(23-17)24-26-15-5-3-2-4-14(15)19/h2-11H,1H3,(H,23,24)/b7-6+. The van der Waals surface area contributed by atoms with Gasteiger partial charge in [0.2, 0.25) is 5.88 Å². The Morgan fingerprint density at radius 2 is 1.88 bits per heavy atom. The van der Waals surface area contributed by atoms with Gasteiger partial charge in [0.05, 0.1) is 12.1 Å². The summed E-state index contributed by atoms with van der Waals surface area (Å²) in [6.45, 7) is 0. The topological polar surface area (TPSA) is 59.9 Å². The molecular weight excluding hydrogens is 375 g/mol. The molecule has 0 saturated carbocycles. The van der Waals surface area contributed by atoms with Crippen LogP contribution in [0.1, 0.15) is 11.1 Å². The van der Waals surface area contributed by atoms with Gasteiger partial charge in [0.1, 0.15) is 5.82 Å². The molecule has 1 N–H and O–H groups in total. The van der Waals surface area contributed by atoms with E-state index in [9.17, 15) is 4.39 Å². The predicted octanol–water partition coefficient (Wildman–Crippen LogP) is 4.96. The summed E-state index contributed by atoms with van der Waals surface area (Å²) >= 11 is 7.50. The second kappa shape index (κ2) is 8.64. The smallest absolute Gasteiger partial charge is 0.308 e. The fraction of sp³-hybridized carbons (Fsp3) is 0.0556. The third-order valence-electron chi connectivity index (χ3n) is 3.28. The number of pyridine rings is 1. The molecule has 2 aromatic heterocycles. The monoisotopic (exact) mass is 388 g/mol. The Balaban J connectivity index is 1.73. The minimum atomic E-state index is -0.757. The number of hydrogen-bond donors (Lipinski definition) is 1. The summed E-state index contributed by atoms with van der Waals surface area (Å²) in [6, 6.07) is 11.2. The number of anilines is 1. The molecular formula is C18H14ClFN4OS. The largest absolute Gasteiger partial charge is 0.481 e. The van der Waals surface area contributed by atoms with Gasteiger partial charge >= 0.3 is 6.08 Å². The lowest BCUT2D eigenvalue weighted by molar-refractivity contribution is 0.397. The summed E-state index contributed by atoms with van der Waals surface area (Å²) in [6.07, 6.45) is 5.59. The Labute approximate surface area is 159 Å². The van der Waals surface area contributed by atoms with Crippen molar-refractivity contribution in [3.63, 3.8) is 0 Å². The van der Waals surface area contributed by atoms with E-state index >= 15 is 0 Å². The normalized spacial score (nSPS) is 10.9. The molecule has 0 amide bonds. The fourth-order valence-corrected chi connectivity index (χ4v) is 2.92. The zero-order valence-electron chi connectivity index (χ0n) is 13.7. The second-order valence-electron chi connectivity index (χ2n) is 5.05. The summed E-state index contributed by atoms with van der Waals surface area (Å²) in [5.41, 5.74) is 1.44. The minimum Gasteiger partial charge on any atom is -0.481 e. The average molecular weight is 389 g/mol. The maximum absolute atomic E-state index is 12.7. The summed E-state index contributed by atoms with van der Waals surface area (Å²) in [7, 11) is 1.55. The van der Waals surface area contributed by atoms with Crippen LogP contribution >= 0.6 is 23.5 Å². The highest BCUT2D eigenvalue weighted by atomic mass is 35.5. The zero-order valence-corrected chi connectivity index (χ0v) is 15.3. The molecule has 3 aromatic rings. The van der Waals surface area contributed by atoms with Crippen LogP contribution in [-0.4, -0.2) is 22.1 Å². The molecule has 3 rings (SSSR count). The minimum absolute atomic E-state index is 0.453. The van der Waals surface area contributed by atoms with Crippen molar-refractivity contribution in [2.24, 2.45) is 0 Å². The van der Waals surface area contributed by atoms with Crippen molar-refractivity contribution in [1.82, 2.24) is 15.0 Å². The van der Waals surface area contributed by atoms with E-state index in [1.807, 2.05) is 36.4 Å². The van der Waals surface area contributed by atoms with E-state index in [0.29, 0.717) is 22.3 Å². The summed E-state index contributed by atoms with van der Waals surface area (Å²) < 4.78 is 21.2. The zero-order chi connectivity index (χ0) is 18.4. The van der Waals surface area contributed by atoms with Crippen LogP contribution in [-0.2, 0) is 0 Å². The molecule has 0 aliphatic carbocycles. The predicted molar refractivity (Wildman–Crippen MR) is 103 cm³/mol. The lowest BCUT2D eigenvalue weighted by Gasteiger charge is -2.09. The quantitative estimate of drug-likeness (QED) is 0.475. The summed E-state index contributed by atoms with van der Waals surface area (Å²) in [4.78, 5) is 12.3. The van der Waals surface area contributed by atoms with Crippen molar-refractivity contribution in [1.29, 1.82) is 0 Å². The Kier molecular flexibility index (Phi) is 6.04. The molecule has 1 aromatic carbocycles. The van der Waals surface area contributed by atoms with Crippen molar-refractivity contribution < 1.29 is 9.13 Å². The molecule has 26 heavy (non-hydrogen) atoms. The van der Waals surface area contributed by atoms with Gasteiger partial charge in [-0.25, -0.2) is 9.97 Å². The van der Waals surface area contributed by atoms with Crippen molar-refractivity contribution in [3.05, 3.63) is 71.0 Å². The average Bonchev–Trinajstić information content (AvgIpc) is 2.67. The SMILES string of the molecule is COc1nc(NSc2ccccc2Cl)ccc1/C=C/c1cnc(F)nc1. The number of nitrogens with zero attached hydrogens (tertiary/aromatic N) is 3. The van der Waals surface area contributed by atoms with Crippen LogP contribution < -0.4 is 9.46 Å². The Bertz CT molecular complexity index is 921. The number of halogens is 2. The van der Waals surface area contributed by atoms with Gasteiger partial charge in [-0.2, -0.15) is 9.37 Å². The van der Waals surface area contributed by atoms with E-state index < -0.39 is 6.08 Å². The van der Waals surface area contributed by atoms with Gasteiger partial charge in [-0.05, 0) is 42.3 Å². The molecule has 0 bridgehead atoms. The van der Waals surface area contributed by atoms with Crippen molar-refractivity contribution in [3.8, 4) is 5.88 Å². The van der Waals surface area contributed by atoms with Crippen LogP contribution in [0.25, 0.3) is 12.2 Å². The van der Waals surface area contributed by atoms with Crippen LogP contribution in [0, 0.1) is 6.08 Å². The van der Waals surface area contributed by atoms with Gasteiger partial charge in [0, 0.05) is 28.4 Å². The first-order valence-electron chi connectivity index (χ1n) is 7.54. The summed E-state index contributed by atoms with van der Waals surface area (Å²) in [5, 5.41) is 0.665. The molecule has 0 radical (unpaired) electrons. The Hall–Kier alpha value is -2.64. The van der Waals surface area contributed by atoms with Crippen molar-refractivity contribution >= 4 is 41.5 Å². The van der Waals surface area contributed by atoms with E-state index in [-0.39, 0.29) is 0 Å². The van der Waals surface area contributed by atoms with E-state index in [1.54, 1.807) is 19.3 Å². The van der Waals surface area contributed by atoms with Gasteiger partial charge in [0.15, 0.2) is 0 Å². The lowest BCUT2D eigenvalue weighted by Crippen LogP contribution is -1.96.